The van der Waals surface area contributed by atoms with E-state index in [1.54, 1.807) is 6.07 Å². The van der Waals surface area contributed by atoms with Crippen LogP contribution < -0.4 is 0 Å². The van der Waals surface area contributed by atoms with Crippen LogP contribution in [0.2, 0.25) is 0 Å². The number of rotatable bonds is 3. The standard InChI is InChI=1S/C14H13NO/c16-9-13-7-8-14(15-13)12-5-3-11(4-6-12)10-1-2-10/h3-10,15H,1-2H2. The summed E-state index contributed by atoms with van der Waals surface area (Å²) in [6.45, 7) is 0. The van der Waals surface area contributed by atoms with E-state index in [9.17, 15) is 4.79 Å². The Kier molecular flexibility index (Phi) is 2.13. The summed E-state index contributed by atoms with van der Waals surface area (Å²) >= 11 is 0. The Morgan fingerprint density at radius 3 is 2.38 bits per heavy atom. The number of aromatic nitrogens is 1. The summed E-state index contributed by atoms with van der Waals surface area (Å²) < 4.78 is 0. The van der Waals surface area contributed by atoms with Gasteiger partial charge in [0, 0.05) is 5.69 Å². The number of carbonyl (C=O) groups is 1. The summed E-state index contributed by atoms with van der Waals surface area (Å²) in [6.07, 6.45) is 3.50. The van der Waals surface area contributed by atoms with E-state index < -0.39 is 0 Å². The zero-order valence-electron chi connectivity index (χ0n) is 8.94. The third-order valence-electron chi connectivity index (χ3n) is 3.11. The van der Waals surface area contributed by atoms with E-state index in [1.165, 1.54) is 18.4 Å². The highest BCUT2D eigenvalue weighted by Crippen LogP contribution is 2.40. The largest absolute Gasteiger partial charge is 0.352 e. The van der Waals surface area contributed by atoms with E-state index in [0.29, 0.717) is 5.69 Å². The molecule has 0 unspecified atom stereocenters. The molecule has 0 saturated heterocycles. The molecule has 0 spiro atoms. The van der Waals surface area contributed by atoms with Crippen molar-refractivity contribution in [2.24, 2.45) is 0 Å². The molecule has 3 rings (SSSR count). The Morgan fingerprint density at radius 1 is 1.06 bits per heavy atom. The van der Waals surface area contributed by atoms with E-state index in [-0.39, 0.29) is 0 Å². The van der Waals surface area contributed by atoms with Gasteiger partial charge in [-0.05, 0) is 42.0 Å². The van der Waals surface area contributed by atoms with Gasteiger partial charge in [0.2, 0.25) is 0 Å². The first-order valence-electron chi connectivity index (χ1n) is 5.61. The fourth-order valence-corrected chi connectivity index (χ4v) is 2.00. The van der Waals surface area contributed by atoms with Gasteiger partial charge in [-0.1, -0.05) is 24.3 Å². The normalized spacial score (nSPS) is 15.0. The van der Waals surface area contributed by atoms with Gasteiger partial charge in [0.25, 0.3) is 0 Å². The third-order valence-corrected chi connectivity index (χ3v) is 3.11. The number of aldehydes is 1. The summed E-state index contributed by atoms with van der Waals surface area (Å²) in [5, 5.41) is 0. The number of H-pyrrole nitrogens is 1. The summed E-state index contributed by atoms with van der Waals surface area (Å²) in [4.78, 5) is 13.6. The maximum Gasteiger partial charge on any atom is 0.166 e. The lowest BCUT2D eigenvalue weighted by Gasteiger charge is -2.01. The Bertz CT molecular complexity index is 506. The first kappa shape index (κ1) is 9.40. The van der Waals surface area contributed by atoms with Crippen LogP contribution in [-0.4, -0.2) is 11.3 Å². The summed E-state index contributed by atoms with van der Waals surface area (Å²) in [7, 11) is 0. The molecule has 1 aliphatic rings. The first-order valence-corrected chi connectivity index (χ1v) is 5.61. The molecule has 80 valence electrons. The third kappa shape index (κ3) is 1.67. The molecular formula is C14H13NO. The van der Waals surface area contributed by atoms with Crippen molar-refractivity contribution in [2.45, 2.75) is 18.8 Å². The number of aromatic amines is 1. The highest BCUT2D eigenvalue weighted by molar-refractivity contribution is 5.75. The molecule has 1 aliphatic carbocycles. The van der Waals surface area contributed by atoms with Gasteiger partial charge in [-0.2, -0.15) is 0 Å². The van der Waals surface area contributed by atoms with Crippen molar-refractivity contribution in [3.8, 4) is 11.3 Å². The van der Waals surface area contributed by atoms with Gasteiger partial charge < -0.3 is 4.98 Å². The summed E-state index contributed by atoms with van der Waals surface area (Å²) in [5.41, 5.74) is 4.20. The Labute approximate surface area is 94.3 Å². The smallest absolute Gasteiger partial charge is 0.166 e. The predicted octanol–water partition coefficient (Wildman–Crippen LogP) is 3.37. The summed E-state index contributed by atoms with van der Waals surface area (Å²) in [5.74, 6) is 0.795. The lowest BCUT2D eigenvalue weighted by molar-refractivity contribution is 0.111. The van der Waals surface area contributed by atoms with Crippen LogP contribution >= 0.6 is 0 Å². The lowest BCUT2D eigenvalue weighted by atomic mass is 10.1. The number of benzene rings is 1. The number of nitrogens with one attached hydrogen (secondary N) is 1. The molecule has 1 heterocycles. The highest BCUT2D eigenvalue weighted by atomic mass is 16.1. The molecule has 0 amide bonds. The second kappa shape index (κ2) is 3.63. The van der Waals surface area contributed by atoms with E-state index >= 15 is 0 Å². The van der Waals surface area contributed by atoms with Crippen LogP contribution in [0, 0.1) is 0 Å². The average Bonchev–Trinajstić information content (AvgIpc) is 3.07. The molecule has 0 radical (unpaired) electrons. The molecule has 1 N–H and O–H groups in total. The SMILES string of the molecule is O=Cc1ccc(-c2ccc(C3CC3)cc2)[nH]1. The maximum absolute atomic E-state index is 10.6. The zero-order chi connectivity index (χ0) is 11.0. The minimum absolute atomic E-state index is 0.626. The first-order chi connectivity index (χ1) is 7.86. The van der Waals surface area contributed by atoms with Crippen LogP contribution in [0.5, 0.6) is 0 Å². The fraction of sp³-hybridized carbons (Fsp3) is 0.214. The van der Waals surface area contributed by atoms with Gasteiger partial charge in [0.1, 0.15) is 0 Å². The van der Waals surface area contributed by atoms with Crippen molar-refractivity contribution in [1.29, 1.82) is 0 Å². The van der Waals surface area contributed by atoms with E-state index in [4.69, 9.17) is 0 Å². The van der Waals surface area contributed by atoms with Crippen LogP contribution in [0.25, 0.3) is 11.3 Å². The van der Waals surface area contributed by atoms with Crippen LogP contribution in [-0.2, 0) is 0 Å². The Morgan fingerprint density at radius 2 is 1.81 bits per heavy atom. The second-order valence-corrected chi connectivity index (χ2v) is 4.34. The van der Waals surface area contributed by atoms with Crippen molar-refractivity contribution in [2.75, 3.05) is 0 Å². The number of carbonyl (C=O) groups excluding carboxylic acids is 1. The minimum atomic E-state index is 0.626. The zero-order valence-corrected chi connectivity index (χ0v) is 8.94. The van der Waals surface area contributed by atoms with Gasteiger partial charge >= 0.3 is 0 Å². The molecule has 0 atom stereocenters. The topological polar surface area (TPSA) is 32.9 Å². The van der Waals surface area contributed by atoms with Crippen molar-refractivity contribution in [1.82, 2.24) is 4.98 Å². The number of hydrogen-bond acceptors (Lipinski definition) is 1. The second-order valence-electron chi connectivity index (χ2n) is 4.34. The van der Waals surface area contributed by atoms with Crippen LogP contribution in [0.1, 0.15) is 34.8 Å². The van der Waals surface area contributed by atoms with Crippen molar-refractivity contribution in [3.05, 3.63) is 47.7 Å². The van der Waals surface area contributed by atoms with Gasteiger partial charge in [0.05, 0.1) is 5.69 Å². The molecule has 0 bridgehead atoms. The minimum Gasteiger partial charge on any atom is -0.352 e. The average molecular weight is 211 g/mol. The lowest BCUT2D eigenvalue weighted by Crippen LogP contribution is -1.82. The molecule has 1 aromatic carbocycles. The van der Waals surface area contributed by atoms with Crippen LogP contribution in [0.3, 0.4) is 0 Å². The van der Waals surface area contributed by atoms with E-state index in [1.807, 2.05) is 6.07 Å². The van der Waals surface area contributed by atoms with Crippen molar-refractivity contribution < 1.29 is 4.79 Å². The quantitative estimate of drug-likeness (QED) is 0.776. The molecule has 1 fully saturated rings. The van der Waals surface area contributed by atoms with Gasteiger partial charge in [-0.25, -0.2) is 0 Å². The van der Waals surface area contributed by atoms with Crippen LogP contribution in [0.15, 0.2) is 36.4 Å². The molecule has 2 nitrogen and oxygen atoms in total. The molecule has 16 heavy (non-hydrogen) atoms. The van der Waals surface area contributed by atoms with Crippen LogP contribution in [0.4, 0.5) is 0 Å². The van der Waals surface area contributed by atoms with E-state index in [0.717, 1.165) is 23.5 Å². The molecule has 2 heteroatoms. The van der Waals surface area contributed by atoms with Crippen molar-refractivity contribution in [3.63, 3.8) is 0 Å². The predicted molar refractivity (Wildman–Crippen MR) is 63.6 cm³/mol. The Balaban J connectivity index is 1.90. The highest BCUT2D eigenvalue weighted by Gasteiger charge is 2.22. The Hall–Kier alpha value is -1.83. The van der Waals surface area contributed by atoms with Gasteiger partial charge in [0.15, 0.2) is 6.29 Å². The molecule has 1 saturated carbocycles. The van der Waals surface area contributed by atoms with Gasteiger partial charge in [-0.3, -0.25) is 4.79 Å². The molecule has 1 aromatic heterocycles. The number of hydrogen-bond donors (Lipinski definition) is 1. The van der Waals surface area contributed by atoms with Gasteiger partial charge in [-0.15, -0.1) is 0 Å². The molecule has 0 aliphatic heterocycles. The molecule has 2 aromatic rings. The van der Waals surface area contributed by atoms with E-state index in [2.05, 4.69) is 29.2 Å². The molecular weight excluding hydrogens is 198 g/mol. The monoisotopic (exact) mass is 211 g/mol. The van der Waals surface area contributed by atoms with Crippen molar-refractivity contribution >= 4 is 6.29 Å². The fourth-order valence-electron chi connectivity index (χ4n) is 2.00. The maximum atomic E-state index is 10.6. The summed E-state index contributed by atoms with van der Waals surface area (Å²) in [6, 6.07) is 12.4.